The molecule has 0 radical (unpaired) electrons. The lowest BCUT2D eigenvalue weighted by atomic mass is 9.70. The smallest absolute Gasteiger partial charge is 0.264 e. The number of hydrogen-bond donors (Lipinski definition) is 1. The molecule has 2 aliphatic rings. The van der Waals surface area contributed by atoms with Gasteiger partial charge in [-0.05, 0) is 84.5 Å². The van der Waals surface area contributed by atoms with E-state index in [1.807, 2.05) is 24.4 Å². The van der Waals surface area contributed by atoms with Crippen molar-refractivity contribution in [2.75, 3.05) is 19.5 Å². The zero-order valence-corrected chi connectivity index (χ0v) is 33.8. The maximum Gasteiger partial charge on any atom is 0.264 e. The third kappa shape index (κ3) is 8.51. The molecule has 1 aliphatic carbocycles. The monoisotopic (exact) mass is 765 g/mol. The van der Waals surface area contributed by atoms with Crippen molar-refractivity contribution in [3.05, 3.63) is 90.6 Å². The zero-order valence-electron chi connectivity index (χ0n) is 32.0. The normalized spacial score (nSPS) is 18.3. The van der Waals surface area contributed by atoms with E-state index in [9.17, 15) is 13.2 Å². The number of ether oxygens (including phenoxy) is 1. The Morgan fingerprint density at radius 1 is 0.981 bits per heavy atom. The molecule has 0 bridgehead atoms. The first-order chi connectivity index (χ1) is 25.7. The van der Waals surface area contributed by atoms with Crippen LogP contribution in [0, 0.1) is 29.1 Å². The highest BCUT2D eigenvalue weighted by Crippen LogP contribution is 2.44. The second kappa shape index (κ2) is 16.2. The number of fused-ring (bicyclic) bond motifs is 1. The molecular weight excluding hydrogens is 715 g/mol. The number of nitrogens with one attached hydrogen (secondary N) is 1. The molecular formula is C43H51N3O6SSi. The average Bonchev–Trinajstić information content (AvgIpc) is 3.56. The number of nitrogens with zero attached hydrogens (tertiary/aromatic N) is 2. The summed E-state index contributed by atoms with van der Waals surface area (Å²) in [4.78, 5) is 18.5. The fourth-order valence-corrected chi connectivity index (χ4v) is 12.8. The van der Waals surface area contributed by atoms with Gasteiger partial charge < -0.3 is 9.16 Å². The average molecular weight is 766 g/mol. The predicted molar refractivity (Wildman–Crippen MR) is 215 cm³/mol. The number of hydrogen-bond acceptors (Lipinski definition) is 7. The van der Waals surface area contributed by atoms with Crippen LogP contribution in [0.3, 0.4) is 0 Å². The molecule has 9 nitrogen and oxygen atoms in total. The van der Waals surface area contributed by atoms with E-state index in [1.165, 1.54) is 17.3 Å². The van der Waals surface area contributed by atoms with Crippen LogP contribution in [0.2, 0.25) is 5.04 Å². The van der Waals surface area contributed by atoms with E-state index < -0.39 is 35.1 Å². The Kier molecular flexibility index (Phi) is 11.9. The first-order valence-corrected chi connectivity index (χ1v) is 22.6. The van der Waals surface area contributed by atoms with Crippen LogP contribution in [0.15, 0.2) is 85.1 Å². The van der Waals surface area contributed by atoms with Gasteiger partial charge in [-0.1, -0.05) is 99.7 Å². The molecule has 6 rings (SSSR count). The number of benzene rings is 3. The number of aromatic nitrogens is 2. The molecule has 1 aromatic heterocycles. The lowest BCUT2D eigenvalue weighted by Crippen LogP contribution is -2.67. The molecule has 2 atom stereocenters. The zero-order chi connectivity index (χ0) is 38.5. The van der Waals surface area contributed by atoms with Crippen molar-refractivity contribution >= 4 is 45.3 Å². The van der Waals surface area contributed by atoms with Crippen molar-refractivity contribution in [3.8, 4) is 23.7 Å². The third-order valence-corrected chi connectivity index (χ3v) is 18.0. The topological polar surface area (TPSA) is 109 Å². The Morgan fingerprint density at radius 3 is 2.24 bits per heavy atom. The largest absolute Gasteiger partial charge is 0.406 e. The molecule has 3 aromatic carbocycles. The van der Waals surface area contributed by atoms with E-state index in [2.05, 4.69) is 116 Å². The standard InChI is InChI=1S/C43H51N3O6SSi/c1-41(2,3)54(36-18-8-6-9-19-36,37-20-10-7-11-21-37)51-33-43(26-16-27-43)25-14-12-17-34-23-24-38-35(31-34)32-46(44-38)29-28-42(4,53(5,48)49)40(47)45-52-39-22-13-15-30-50-39/h6-11,18-21,23-24,31-32,39H,13,15-16,22,26-30,33H2,1-5H3,(H,45,47)/t39?,42-/m1/s1. The molecule has 2 heterocycles. The number of amides is 1. The maximum atomic E-state index is 13.1. The lowest BCUT2D eigenvalue weighted by molar-refractivity contribution is -0.201. The second-order valence-corrected chi connectivity index (χ2v) is 22.6. The van der Waals surface area contributed by atoms with Crippen LogP contribution < -0.4 is 15.9 Å². The minimum absolute atomic E-state index is 0.00428. The van der Waals surface area contributed by atoms with Gasteiger partial charge in [0.2, 0.25) is 0 Å². The Labute approximate surface area is 321 Å². The van der Waals surface area contributed by atoms with Gasteiger partial charge in [-0.2, -0.15) is 5.10 Å². The predicted octanol–water partition coefficient (Wildman–Crippen LogP) is 5.91. The van der Waals surface area contributed by atoms with Gasteiger partial charge in [-0.15, -0.1) is 0 Å². The molecule has 11 heteroatoms. The van der Waals surface area contributed by atoms with E-state index in [0.717, 1.165) is 54.8 Å². The molecule has 284 valence electrons. The number of carbonyl (C=O) groups is 1. The number of aryl methyl sites for hydroxylation is 1. The van der Waals surface area contributed by atoms with Crippen LogP contribution in [0.25, 0.3) is 10.9 Å². The number of hydroxylamine groups is 1. The van der Waals surface area contributed by atoms with Crippen molar-refractivity contribution in [2.45, 2.75) is 95.3 Å². The summed E-state index contributed by atoms with van der Waals surface area (Å²) in [6, 6.07) is 27.1. The summed E-state index contributed by atoms with van der Waals surface area (Å²) in [5, 5.41) is 7.88. The fraction of sp³-hybridized carbons (Fsp3) is 0.442. The third-order valence-electron chi connectivity index (χ3n) is 11.0. The molecule has 1 unspecified atom stereocenters. The van der Waals surface area contributed by atoms with Crippen LogP contribution in [0.4, 0.5) is 0 Å². The van der Waals surface area contributed by atoms with Crippen molar-refractivity contribution < 1.29 is 27.2 Å². The van der Waals surface area contributed by atoms with E-state index in [4.69, 9.17) is 14.0 Å². The highest BCUT2D eigenvalue weighted by Gasteiger charge is 2.52. The van der Waals surface area contributed by atoms with Crippen LogP contribution in [-0.4, -0.2) is 62.9 Å². The molecule has 4 aromatic rings. The number of rotatable bonds is 12. The van der Waals surface area contributed by atoms with Gasteiger partial charge >= 0.3 is 0 Å². The SMILES string of the molecule is CC(C)(C)[Si](OCC1(C#CC#Cc2ccc3nn(CC[C@](C)(C(=O)NOC4CCCCO4)S(C)(=O)=O)cc3c2)CCC1)(c1ccccc1)c1ccccc1. The molecule has 1 aliphatic heterocycles. The van der Waals surface area contributed by atoms with Crippen LogP contribution >= 0.6 is 0 Å². The van der Waals surface area contributed by atoms with Gasteiger partial charge in [-0.25, -0.2) is 18.7 Å². The van der Waals surface area contributed by atoms with Gasteiger partial charge in [-0.3, -0.25) is 9.48 Å². The summed E-state index contributed by atoms with van der Waals surface area (Å²) >= 11 is 0. The fourth-order valence-electron chi connectivity index (χ4n) is 7.28. The molecule has 0 spiro atoms. The van der Waals surface area contributed by atoms with E-state index in [0.29, 0.717) is 19.6 Å². The first-order valence-electron chi connectivity index (χ1n) is 18.8. The first kappa shape index (κ1) is 39.5. The second-order valence-electron chi connectivity index (χ2n) is 15.8. The maximum absolute atomic E-state index is 13.1. The summed E-state index contributed by atoms with van der Waals surface area (Å²) in [6.45, 7) is 9.59. The lowest BCUT2D eigenvalue weighted by Gasteiger charge is -2.46. The highest BCUT2D eigenvalue weighted by atomic mass is 32.2. The Balaban J connectivity index is 1.14. The summed E-state index contributed by atoms with van der Waals surface area (Å²) in [7, 11) is -6.48. The minimum atomic E-state index is -3.80. The van der Waals surface area contributed by atoms with Gasteiger partial charge in [0.15, 0.2) is 20.9 Å². The summed E-state index contributed by atoms with van der Waals surface area (Å²) in [5.41, 5.74) is 3.64. The van der Waals surface area contributed by atoms with Crippen molar-refractivity contribution in [3.63, 3.8) is 0 Å². The van der Waals surface area contributed by atoms with Gasteiger partial charge in [0.1, 0.15) is 0 Å². The van der Waals surface area contributed by atoms with Crippen LogP contribution in [0.1, 0.15) is 78.2 Å². The van der Waals surface area contributed by atoms with E-state index in [1.54, 1.807) is 4.68 Å². The van der Waals surface area contributed by atoms with Gasteiger partial charge in [0.25, 0.3) is 14.2 Å². The Hall–Kier alpha value is -4.23. The number of carbonyl (C=O) groups excluding carboxylic acids is 1. The molecule has 54 heavy (non-hydrogen) atoms. The van der Waals surface area contributed by atoms with Gasteiger partial charge in [0.05, 0.1) is 17.5 Å². The Bertz CT molecular complexity index is 2130. The van der Waals surface area contributed by atoms with Crippen LogP contribution in [0.5, 0.6) is 0 Å². The summed E-state index contributed by atoms with van der Waals surface area (Å²) < 4.78 is 38.3. The molecule has 1 saturated heterocycles. The van der Waals surface area contributed by atoms with Gasteiger partial charge in [0, 0.05) is 43.0 Å². The molecule has 2 fully saturated rings. The summed E-state index contributed by atoms with van der Waals surface area (Å²) in [6.07, 6.45) is 7.87. The molecule has 1 N–H and O–H groups in total. The highest BCUT2D eigenvalue weighted by molar-refractivity contribution is 7.92. The molecule has 1 amide bonds. The minimum Gasteiger partial charge on any atom is -0.406 e. The number of sulfone groups is 1. The summed E-state index contributed by atoms with van der Waals surface area (Å²) in [5.74, 6) is 12.2. The molecule has 1 saturated carbocycles. The van der Waals surface area contributed by atoms with Crippen molar-refractivity contribution in [1.82, 2.24) is 15.3 Å². The van der Waals surface area contributed by atoms with E-state index >= 15 is 0 Å². The quantitative estimate of drug-likeness (QED) is 0.109. The van der Waals surface area contributed by atoms with Crippen LogP contribution in [-0.2, 0) is 35.2 Å². The van der Waals surface area contributed by atoms with Crippen molar-refractivity contribution in [2.24, 2.45) is 5.41 Å². The Morgan fingerprint density at radius 2 is 1.67 bits per heavy atom. The van der Waals surface area contributed by atoms with E-state index in [-0.39, 0.29) is 23.4 Å². The van der Waals surface area contributed by atoms with Crippen molar-refractivity contribution in [1.29, 1.82) is 0 Å².